The molecule has 19 heavy (non-hydrogen) atoms. The van der Waals surface area contributed by atoms with Crippen LogP contribution in [0.4, 0.5) is 0 Å². The maximum absolute atomic E-state index is 6.19. The molecule has 0 aliphatic heterocycles. The van der Waals surface area contributed by atoms with E-state index in [1.165, 1.54) is 4.88 Å². The first-order chi connectivity index (χ1) is 9.08. The molecule has 1 aromatic carbocycles. The smallest absolute Gasteiger partial charge is 0.0701 e. The van der Waals surface area contributed by atoms with Crippen molar-refractivity contribution < 1.29 is 0 Å². The highest BCUT2D eigenvalue weighted by molar-refractivity contribution is 9.11. The fourth-order valence-electron chi connectivity index (χ4n) is 1.77. The van der Waals surface area contributed by atoms with Crippen molar-refractivity contribution >= 4 is 50.6 Å². The molecule has 2 N–H and O–H groups in total. The average Bonchev–Trinajstić information content (AvgIpc) is 2.78. The summed E-state index contributed by atoms with van der Waals surface area (Å²) >= 11 is 13.3. The summed E-state index contributed by atoms with van der Waals surface area (Å²) in [5, 5.41) is 1.12. The first-order valence-electron chi connectivity index (χ1n) is 5.93. The highest BCUT2D eigenvalue weighted by Crippen LogP contribution is 2.39. The van der Waals surface area contributed by atoms with Gasteiger partial charge in [0.25, 0.3) is 0 Å². The van der Waals surface area contributed by atoms with Crippen LogP contribution in [-0.4, -0.2) is 6.04 Å². The summed E-state index contributed by atoms with van der Waals surface area (Å²) in [5.41, 5.74) is 7.28. The van der Waals surface area contributed by atoms with Gasteiger partial charge in [0.1, 0.15) is 0 Å². The second-order valence-electron chi connectivity index (χ2n) is 4.32. The minimum Gasteiger partial charge on any atom is -0.327 e. The molecule has 102 valence electrons. The van der Waals surface area contributed by atoms with Gasteiger partial charge in [-0.3, -0.25) is 0 Å². The average molecular weight is 377 g/mol. The number of rotatable bonds is 5. The lowest BCUT2D eigenvalue weighted by Crippen LogP contribution is -2.22. The van der Waals surface area contributed by atoms with Crippen molar-refractivity contribution in [3.63, 3.8) is 0 Å². The summed E-state index contributed by atoms with van der Waals surface area (Å²) in [7, 11) is 0. The third-order valence-electron chi connectivity index (χ3n) is 2.73. The van der Waals surface area contributed by atoms with Crippen molar-refractivity contribution in [3.05, 3.63) is 55.6 Å². The fourth-order valence-corrected chi connectivity index (χ4v) is 5.08. The normalized spacial score (nSPS) is 14.3. The van der Waals surface area contributed by atoms with E-state index in [9.17, 15) is 0 Å². The van der Waals surface area contributed by atoms with Crippen LogP contribution in [0.5, 0.6) is 0 Å². The Labute approximate surface area is 135 Å². The molecule has 2 aromatic rings. The lowest BCUT2D eigenvalue weighted by atomic mass is 10.2. The monoisotopic (exact) mass is 375 g/mol. The molecule has 2 atom stereocenters. The van der Waals surface area contributed by atoms with Crippen LogP contribution < -0.4 is 5.73 Å². The highest BCUT2D eigenvalue weighted by atomic mass is 79.9. The number of hydrogen-bond donors (Lipinski definition) is 1. The summed E-state index contributed by atoms with van der Waals surface area (Å²) in [6.45, 7) is 2.05. The van der Waals surface area contributed by atoms with Crippen LogP contribution in [0.25, 0.3) is 0 Å². The molecule has 0 saturated carbocycles. The van der Waals surface area contributed by atoms with Gasteiger partial charge in [0.05, 0.1) is 9.04 Å². The molecule has 0 saturated heterocycles. The van der Waals surface area contributed by atoms with Crippen molar-refractivity contribution in [2.75, 3.05) is 0 Å². The molecule has 2 rings (SSSR count). The predicted octanol–water partition coefficient (Wildman–Crippen LogP) is 5.49. The summed E-state index contributed by atoms with van der Waals surface area (Å²) in [6, 6.07) is 12.3. The number of thioether (sulfide) groups is 1. The van der Waals surface area contributed by atoms with Gasteiger partial charge < -0.3 is 5.73 Å². The fraction of sp³-hybridized carbons (Fsp3) is 0.286. The number of benzene rings is 1. The molecule has 0 fully saturated rings. The van der Waals surface area contributed by atoms with Crippen molar-refractivity contribution in [1.29, 1.82) is 0 Å². The van der Waals surface area contributed by atoms with E-state index < -0.39 is 0 Å². The third-order valence-corrected chi connectivity index (χ3v) is 6.47. The van der Waals surface area contributed by atoms with Gasteiger partial charge in [0.15, 0.2) is 0 Å². The molecule has 0 aliphatic carbocycles. The Morgan fingerprint density at radius 1 is 1.32 bits per heavy atom. The summed E-state index contributed by atoms with van der Waals surface area (Å²) in [6.07, 6.45) is 0. The van der Waals surface area contributed by atoms with Crippen LogP contribution in [0.3, 0.4) is 0 Å². The maximum Gasteiger partial charge on any atom is 0.0701 e. The zero-order chi connectivity index (χ0) is 13.8. The van der Waals surface area contributed by atoms with Gasteiger partial charge in [-0.1, -0.05) is 29.8 Å². The van der Waals surface area contributed by atoms with Gasteiger partial charge in [-0.05, 0) is 46.6 Å². The van der Waals surface area contributed by atoms with E-state index in [2.05, 4.69) is 41.1 Å². The summed E-state index contributed by atoms with van der Waals surface area (Å²) in [4.78, 5) is 1.30. The molecule has 0 spiro atoms. The SMILES string of the molecule is CC(N)C(SCc1ccccc1Cl)c1ccc(Br)s1. The van der Waals surface area contributed by atoms with Crippen LogP contribution in [0.1, 0.15) is 22.6 Å². The molecular weight excluding hydrogens is 362 g/mol. The first-order valence-corrected chi connectivity index (χ1v) is 8.97. The van der Waals surface area contributed by atoms with E-state index in [1.807, 2.05) is 30.0 Å². The first kappa shape index (κ1) is 15.4. The zero-order valence-corrected chi connectivity index (χ0v) is 14.5. The number of thiophene rings is 1. The van der Waals surface area contributed by atoms with Gasteiger partial charge >= 0.3 is 0 Å². The van der Waals surface area contributed by atoms with E-state index in [-0.39, 0.29) is 6.04 Å². The van der Waals surface area contributed by atoms with Crippen molar-refractivity contribution in [2.45, 2.75) is 24.0 Å². The Kier molecular flexibility index (Phi) is 5.78. The molecule has 0 aliphatic rings. The molecule has 0 radical (unpaired) electrons. The summed E-state index contributed by atoms with van der Waals surface area (Å²) < 4.78 is 1.14. The standard InChI is InChI=1S/C14H15BrClNS2/c1-9(17)14(12-6-7-13(15)19-12)18-8-10-4-2-3-5-11(10)16/h2-7,9,14H,8,17H2,1H3. The number of nitrogens with two attached hydrogens (primary N) is 1. The molecule has 0 amide bonds. The Bertz CT molecular complexity index is 542. The lowest BCUT2D eigenvalue weighted by molar-refractivity contribution is 0.730. The second kappa shape index (κ2) is 7.14. The van der Waals surface area contributed by atoms with E-state index in [0.717, 1.165) is 20.1 Å². The molecule has 1 heterocycles. The number of halogens is 2. The Hall–Kier alpha value is -0.0000000000000000833. The maximum atomic E-state index is 6.19. The van der Waals surface area contributed by atoms with Crippen molar-refractivity contribution in [2.24, 2.45) is 5.73 Å². The van der Waals surface area contributed by atoms with Crippen molar-refractivity contribution in [1.82, 2.24) is 0 Å². The Morgan fingerprint density at radius 3 is 2.63 bits per heavy atom. The Balaban J connectivity index is 2.08. The van der Waals surface area contributed by atoms with Crippen LogP contribution in [0.2, 0.25) is 5.02 Å². The van der Waals surface area contributed by atoms with Gasteiger partial charge in [-0.15, -0.1) is 23.1 Å². The quantitative estimate of drug-likeness (QED) is 0.747. The summed E-state index contributed by atoms with van der Waals surface area (Å²) in [5.74, 6) is 0.876. The van der Waals surface area contributed by atoms with Gasteiger partial charge in [-0.2, -0.15) is 0 Å². The topological polar surface area (TPSA) is 26.0 Å². The van der Waals surface area contributed by atoms with E-state index in [0.29, 0.717) is 5.25 Å². The van der Waals surface area contributed by atoms with Gasteiger partial charge in [-0.25, -0.2) is 0 Å². The van der Waals surface area contributed by atoms with Crippen molar-refractivity contribution in [3.8, 4) is 0 Å². The van der Waals surface area contributed by atoms with Crippen LogP contribution in [0, 0.1) is 0 Å². The van der Waals surface area contributed by atoms with Crippen LogP contribution >= 0.6 is 50.6 Å². The molecule has 0 bridgehead atoms. The van der Waals surface area contributed by atoms with E-state index >= 15 is 0 Å². The molecule has 2 unspecified atom stereocenters. The lowest BCUT2D eigenvalue weighted by Gasteiger charge is -2.19. The largest absolute Gasteiger partial charge is 0.327 e. The minimum absolute atomic E-state index is 0.109. The van der Waals surface area contributed by atoms with E-state index in [1.54, 1.807) is 11.3 Å². The zero-order valence-electron chi connectivity index (χ0n) is 10.5. The van der Waals surface area contributed by atoms with Gasteiger partial charge in [0, 0.05) is 21.7 Å². The molecule has 1 aromatic heterocycles. The molecule has 5 heteroatoms. The third kappa shape index (κ3) is 4.23. The second-order valence-corrected chi connectivity index (χ2v) is 8.36. The molecular formula is C14H15BrClNS2. The number of hydrogen-bond acceptors (Lipinski definition) is 3. The highest BCUT2D eigenvalue weighted by Gasteiger charge is 2.19. The van der Waals surface area contributed by atoms with E-state index in [4.69, 9.17) is 17.3 Å². The van der Waals surface area contributed by atoms with Crippen LogP contribution in [-0.2, 0) is 5.75 Å². The molecule has 1 nitrogen and oxygen atoms in total. The minimum atomic E-state index is 0.109. The Morgan fingerprint density at radius 2 is 2.05 bits per heavy atom. The van der Waals surface area contributed by atoms with Crippen LogP contribution in [0.15, 0.2) is 40.2 Å². The predicted molar refractivity (Wildman–Crippen MR) is 91.2 cm³/mol. The van der Waals surface area contributed by atoms with Gasteiger partial charge in [0.2, 0.25) is 0 Å².